The van der Waals surface area contributed by atoms with Crippen LogP contribution in [0.1, 0.15) is 22.8 Å². The zero-order valence-electron chi connectivity index (χ0n) is 11.9. The Balaban J connectivity index is 2.45. The maximum atomic E-state index is 11.3. The molecule has 0 spiro atoms. The molecule has 0 unspecified atom stereocenters. The van der Waals surface area contributed by atoms with Gasteiger partial charge < -0.3 is 20.3 Å². The lowest BCUT2D eigenvalue weighted by Gasteiger charge is -2.14. The molecule has 0 heterocycles. The van der Waals surface area contributed by atoms with Crippen molar-refractivity contribution in [3.8, 4) is 17.2 Å². The number of hydrogen-bond donors (Lipinski definition) is 2. The monoisotopic (exact) mass is 287 g/mol. The van der Waals surface area contributed by atoms with Crippen molar-refractivity contribution < 1.29 is 19.4 Å². The van der Waals surface area contributed by atoms with E-state index in [2.05, 4.69) is 0 Å². The standard InChI is InChI=1S/C16H17NO4/c1-3-10-7-8-13(14(9-10)20-2)21-15-11(16(18)19)5-4-6-12(15)17/h4-9H,3,17H2,1-2H3,(H,18,19). The van der Waals surface area contributed by atoms with Crippen LogP contribution in [-0.4, -0.2) is 18.2 Å². The first kappa shape index (κ1) is 14.7. The van der Waals surface area contributed by atoms with Gasteiger partial charge in [0.05, 0.1) is 12.8 Å². The van der Waals surface area contributed by atoms with Crippen LogP contribution in [0.15, 0.2) is 36.4 Å². The van der Waals surface area contributed by atoms with Gasteiger partial charge in [-0.2, -0.15) is 0 Å². The molecule has 5 heteroatoms. The summed E-state index contributed by atoms with van der Waals surface area (Å²) in [7, 11) is 1.54. The number of carboxylic acids is 1. The number of nitrogen functional groups attached to an aromatic ring is 1. The fourth-order valence-electron chi connectivity index (χ4n) is 1.96. The van der Waals surface area contributed by atoms with Crippen molar-refractivity contribution in [2.45, 2.75) is 13.3 Å². The van der Waals surface area contributed by atoms with Crippen molar-refractivity contribution in [2.75, 3.05) is 12.8 Å². The predicted molar refractivity (Wildman–Crippen MR) is 80.3 cm³/mol. The zero-order valence-corrected chi connectivity index (χ0v) is 11.9. The molecule has 0 aliphatic heterocycles. The molecule has 2 aromatic carbocycles. The second-order valence-electron chi connectivity index (χ2n) is 4.47. The van der Waals surface area contributed by atoms with Crippen LogP contribution in [0.5, 0.6) is 17.2 Å². The first-order chi connectivity index (χ1) is 10.1. The number of aromatic carboxylic acids is 1. The molecule has 0 aliphatic carbocycles. The lowest BCUT2D eigenvalue weighted by Crippen LogP contribution is -2.03. The molecule has 0 saturated heterocycles. The van der Waals surface area contributed by atoms with E-state index >= 15 is 0 Å². The molecule has 110 valence electrons. The van der Waals surface area contributed by atoms with Crippen molar-refractivity contribution in [3.63, 3.8) is 0 Å². The number of carboxylic acid groups (broad SMARTS) is 1. The van der Waals surface area contributed by atoms with Gasteiger partial charge in [-0.25, -0.2) is 4.79 Å². The SMILES string of the molecule is CCc1ccc(Oc2c(N)cccc2C(=O)O)c(OC)c1. The van der Waals surface area contributed by atoms with E-state index in [-0.39, 0.29) is 17.0 Å². The van der Waals surface area contributed by atoms with Crippen molar-refractivity contribution in [2.24, 2.45) is 0 Å². The van der Waals surface area contributed by atoms with E-state index in [9.17, 15) is 9.90 Å². The summed E-state index contributed by atoms with van der Waals surface area (Å²) >= 11 is 0. The third-order valence-corrected chi connectivity index (χ3v) is 3.12. The van der Waals surface area contributed by atoms with Gasteiger partial charge in [-0.3, -0.25) is 0 Å². The van der Waals surface area contributed by atoms with Gasteiger partial charge in [0.2, 0.25) is 0 Å². The molecule has 2 aromatic rings. The van der Waals surface area contributed by atoms with Gasteiger partial charge in [0.25, 0.3) is 0 Å². The second kappa shape index (κ2) is 6.17. The van der Waals surface area contributed by atoms with Gasteiger partial charge in [0.15, 0.2) is 17.2 Å². The first-order valence-corrected chi connectivity index (χ1v) is 6.53. The zero-order chi connectivity index (χ0) is 15.4. The molecule has 2 rings (SSSR count). The third kappa shape index (κ3) is 3.08. The van der Waals surface area contributed by atoms with Crippen LogP contribution in [-0.2, 0) is 6.42 Å². The smallest absolute Gasteiger partial charge is 0.339 e. The van der Waals surface area contributed by atoms with Crippen LogP contribution >= 0.6 is 0 Å². The maximum absolute atomic E-state index is 11.3. The Morgan fingerprint density at radius 3 is 2.62 bits per heavy atom. The van der Waals surface area contributed by atoms with Gasteiger partial charge in [-0.1, -0.05) is 19.1 Å². The third-order valence-electron chi connectivity index (χ3n) is 3.12. The Morgan fingerprint density at radius 2 is 2.00 bits per heavy atom. The number of ether oxygens (including phenoxy) is 2. The number of carbonyl (C=O) groups is 1. The first-order valence-electron chi connectivity index (χ1n) is 6.53. The number of methoxy groups -OCH3 is 1. The van der Waals surface area contributed by atoms with E-state index in [0.29, 0.717) is 11.5 Å². The van der Waals surface area contributed by atoms with Crippen LogP contribution in [0.25, 0.3) is 0 Å². The number of hydrogen-bond acceptors (Lipinski definition) is 4. The minimum absolute atomic E-state index is 0.0108. The average molecular weight is 287 g/mol. The summed E-state index contributed by atoms with van der Waals surface area (Å²) in [5.41, 5.74) is 7.19. The molecule has 3 N–H and O–H groups in total. The van der Waals surface area contributed by atoms with Crippen LogP contribution < -0.4 is 15.2 Å². The van der Waals surface area contributed by atoms with Crippen LogP contribution in [0.2, 0.25) is 0 Å². The molecule has 21 heavy (non-hydrogen) atoms. The molecule has 0 bridgehead atoms. The van der Waals surface area contributed by atoms with Crippen molar-refractivity contribution in [3.05, 3.63) is 47.5 Å². The number of benzene rings is 2. The summed E-state index contributed by atoms with van der Waals surface area (Å²) in [6.45, 7) is 2.03. The van der Waals surface area contributed by atoms with Crippen LogP contribution in [0.4, 0.5) is 5.69 Å². The fourth-order valence-corrected chi connectivity index (χ4v) is 1.96. The molecule has 0 saturated carbocycles. The molecule has 5 nitrogen and oxygen atoms in total. The molecule has 0 aromatic heterocycles. The highest BCUT2D eigenvalue weighted by atomic mass is 16.5. The van der Waals surface area contributed by atoms with Crippen molar-refractivity contribution in [1.82, 2.24) is 0 Å². The maximum Gasteiger partial charge on any atom is 0.339 e. The Kier molecular flexibility index (Phi) is 4.33. The summed E-state index contributed by atoms with van der Waals surface area (Å²) in [6.07, 6.45) is 0.866. The Bertz CT molecular complexity index is 667. The molecular formula is C16H17NO4. The normalized spacial score (nSPS) is 10.2. The average Bonchev–Trinajstić information content (AvgIpc) is 2.49. The summed E-state index contributed by atoms with van der Waals surface area (Å²) in [4.78, 5) is 11.3. The summed E-state index contributed by atoms with van der Waals surface area (Å²) in [6, 6.07) is 10.1. The van der Waals surface area contributed by atoms with E-state index in [1.165, 1.54) is 13.2 Å². The molecule has 0 fully saturated rings. The fraction of sp³-hybridized carbons (Fsp3) is 0.188. The molecular weight excluding hydrogens is 270 g/mol. The highest BCUT2D eigenvalue weighted by Crippen LogP contribution is 2.37. The second-order valence-corrected chi connectivity index (χ2v) is 4.47. The van der Waals surface area contributed by atoms with Gasteiger partial charge in [-0.05, 0) is 36.2 Å². The summed E-state index contributed by atoms with van der Waals surface area (Å²) < 4.78 is 11.0. The summed E-state index contributed by atoms with van der Waals surface area (Å²) in [5, 5.41) is 9.21. The number of nitrogens with two attached hydrogens (primary N) is 1. The molecule has 0 radical (unpaired) electrons. The van der Waals surface area contributed by atoms with E-state index in [4.69, 9.17) is 15.2 Å². The summed E-state index contributed by atoms with van der Waals surface area (Å²) in [5.74, 6) is -0.0157. The Labute approximate surface area is 122 Å². The topological polar surface area (TPSA) is 81.8 Å². The van der Waals surface area contributed by atoms with E-state index < -0.39 is 5.97 Å². The van der Waals surface area contributed by atoms with E-state index in [1.807, 2.05) is 19.1 Å². The van der Waals surface area contributed by atoms with Gasteiger partial charge in [-0.15, -0.1) is 0 Å². The lowest BCUT2D eigenvalue weighted by molar-refractivity contribution is 0.0694. The lowest BCUT2D eigenvalue weighted by atomic mass is 10.1. The number of anilines is 1. The highest BCUT2D eigenvalue weighted by Gasteiger charge is 2.16. The minimum atomic E-state index is -1.10. The Hall–Kier alpha value is -2.69. The van der Waals surface area contributed by atoms with Gasteiger partial charge in [0.1, 0.15) is 5.56 Å². The molecule has 0 aliphatic rings. The van der Waals surface area contributed by atoms with Crippen molar-refractivity contribution in [1.29, 1.82) is 0 Å². The van der Waals surface area contributed by atoms with Gasteiger partial charge in [0, 0.05) is 0 Å². The molecule has 0 amide bonds. The molecule has 0 atom stereocenters. The van der Waals surface area contributed by atoms with Crippen LogP contribution in [0.3, 0.4) is 0 Å². The largest absolute Gasteiger partial charge is 0.493 e. The number of para-hydroxylation sites is 1. The minimum Gasteiger partial charge on any atom is -0.493 e. The predicted octanol–water partition coefficient (Wildman–Crippen LogP) is 3.33. The van der Waals surface area contributed by atoms with E-state index in [0.717, 1.165) is 12.0 Å². The van der Waals surface area contributed by atoms with Gasteiger partial charge >= 0.3 is 5.97 Å². The number of aryl methyl sites for hydroxylation is 1. The quantitative estimate of drug-likeness (QED) is 0.824. The Morgan fingerprint density at radius 1 is 1.24 bits per heavy atom. The highest BCUT2D eigenvalue weighted by molar-refractivity contribution is 5.93. The van der Waals surface area contributed by atoms with Crippen molar-refractivity contribution >= 4 is 11.7 Å². The van der Waals surface area contributed by atoms with E-state index in [1.54, 1.807) is 18.2 Å². The number of rotatable bonds is 5. The van der Waals surface area contributed by atoms with Crippen LogP contribution in [0, 0.1) is 0 Å².